The lowest BCUT2D eigenvalue weighted by atomic mass is 9.96. The second-order valence-electron chi connectivity index (χ2n) is 8.98. The minimum Gasteiger partial charge on any atom is -0.323 e. The number of aryl methyl sites for hydroxylation is 1. The van der Waals surface area contributed by atoms with Gasteiger partial charge in [0.2, 0.25) is 5.91 Å². The van der Waals surface area contributed by atoms with E-state index in [9.17, 15) is 18.8 Å². The molecule has 5 rings (SSSR count). The van der Waals surface area contributed by atoms with Gasteiger partial charge in [-0.2, -0.15) is 0 Å². The van der Waals surface area contributed by atoms with Gasteiger partial charge in [0.05, 0.1) is 5.69 Å². The fourth-order valence-electron chi connectivity index (χ4n) is 4.56. The molecule has 1 aliphatic carbocycles. The molecule has 1 atom stereocenters. The third kappa shape index (κ3) is 3.77. The van der Waals surface area contributed by atoms with Crippen molar-refractivity contribution in [2.24, 2.45) is 5.92 Å². The van der Waals surface area contributed by atoms with Gasteiger partial charge < -0.3 is 15.2 Å². The van der Waals surface area contributed by atoms with E-state index in [1.165, 1.54) is 23.5 Å². The van der Waals surface area contributed by atoms with Gasteiger partial charge >= 0.3 is 6.03 Å². The predicted octanol–water partition coefficient (Wildman–Crippen LogP) is 4.02. The Hall–Kier alpha value is -3.53. The fraction of sp³-hybridized carbons (Fsp3) is 0.333. The normalized spacial score (nSPS) is 20.1. The lowest BCUT2D eigenvalue weighted by molar-refractivity contribution is -0.134. The topological polar surface area (TPSA) is 96.3 Å². The molecule has 0 radical (unpaired) electrons. The van der Waals surface area contributed by atoms with Crippen molar-refractivity contribution in [2.45, 2.75) is 39.2 Å². The number of nitrogens with zero attached hydrogens (tertiary/aromatic N) is 3. The maximum atomic E-state index is 13.3. The van der Waals surface area contributed by atoms with E-state index in [2.05, 4.69) is 15.6 Å². The van der Waals surface area contributed by atoms with Crippen molar-refractivity contribution >= 4 is 34.3 Å². The van der Waals surface area contributed by atoms with Crippen LogP contribution in [0, 0.1) is 25.6 Å². The van der Waals surface area contributed by atoms with Gasteiger partial charge in [-0.3, -0.25) is 14.5 Å². The summed E-state index contributed by atoms with van der Waals surface area (Å²) in [7, 11) is 0. The molecule has 176 valence electrons. The molecule has 3 heterocycles. The molecule has 0 spiro atoms. The van der Waals surface area contributed by atoms with Crippen molar-refractivity contribution in [1.29, 1.82) is 0 Å². The SMILES string of the molecule is Cc1cc(-c2csc(NC(=O)CN3C(=O)NC(C)(C4CC4)C3=O)n2)c(C)n1-c1ccc(F)cc1. The summed E-state index contributed by atoms with van der Waals surface area (Å²) in [6.45, 7) is 5.28. The number of hydrogen-bond acceptors (Lipinski definition) is 5. The Bertz CT molecular complexity index is 1310. The van der Waals surface area contributed by atoms with E-state index >= 15 is 0 Å². The highest BCUT2D eigenvalue weighted by molar-refractivity contribution is 7.14. The van der Waals surface area contributed by atoms with Gasteiger partial charge in [0.1, 0.15) is 17.9 Å². The molecular weight excluding hydrogens is 457 g/mol. The number of amides is 4. The summed E-state index contributed by atoms with van der Waals surface area (Å²) >= 11 is 1.26. The number of benzene rings is 1. The van der Waals surface area contributed by atoms with Gasteiger partial charge in [-0.15, -0.1) is 11.3 Å². The Morgan fingerprint density at radius 3 is 2.65 bits per heavy atom. The number of imide groups is 1. The van der Waals surface area contributed by atoms with Crippen molar-refractivity contribution in [3.63, 3.8) is 0 Å². The Balaban J connectivity index is 1.30. The number of rotatable bonds is 6. The lowest BCUT2D eigenvalue weighted by Crippen LogP contribution is -2.46. The molecule has 4 amide bonds. The molecule has 1 unspecified atom stereocenters. The number of thiazole rings is 1. The largest absolute Gasteiger partial charge is 0.325 e. The standard InChI is InChI=1S/C24H24FN5O3S/c1-13-10-18(14(2)30(13)17-8-6-16(25)7-9-17)19-12-34-22(26-19)27-20(31)11-29-21(32)24(3,15-4-5-15)28-23(29)33/h6-10,12,15H,4-5,11H2,1-3H3,(H,28,33)(H,26,27,31). The van der Waals surface area contributed by atoms with E-state index in [1.54, 1.807) is 19.1 Å². The van der Waals surface area contributed by atoms with Crippen LogP contribution < -0.4 is 10.6 Å². The first kappa shape index (κ1) is 22.3. The maximum Gasteiger partial charge on any atom is 0.325 e. The smallest absolute Gasteiger partial charge is 0.323 e. The average Bonchev–Trinajstić information content (AvgIpc) is 3.44. The Labute approximate surface area is 199 Å². The van der Waals surface area contributed by atoms with Crippen LogP contribution in [0.2, 0.25) is 0 Å². The van der Waals surface area contributed by atoms with Gasteiger partial charge in [0.25, 0.3) is 5.91 Å². The van der Waals surface area contributed by atoms with Crippen LogP contribution in [0.3, 0.4) is 0 Å². The Morgan fingerprint density at radius 1 is 1.26 bits per heavy atom. The number of anilines is 1. The van der Waals surface area contributed by atoms with E-state index in [-0.39, 0.29) is 24.2 Å². The molecule has 0 bridgehead atoms. The van der Waals surface area contributed by atoms with E-state index in [0.717, 1.165) is 40.4 Å². The summed E-state index contributed by atoms with van der Waals surface area (Å²) in [5.41, 5.74) is 3.42. The summed E-state index contributed by atoms with van der Waals surface area (Å²) < 4.78 is 15.3. The minimum atomic E-state index is -0.918. The zero-order valence-corrected chi connectivity index (χ0v) is 19.8. The third-order valence-corrected chi connectivity index (χ3v) is 7.30. The molecule has 34 heavy (non-hydrogen) atoms. The number of hydrogen-bond donors (Lipinski definition) is 2. The Kier molecular flexibility index (Phi) is 5.27. The summed E-state index contributed by atoms with van der Waals surface area (Å²) in [6.07, 6.45) is 1.79. The molecule has 1 saturated heterocycles. The van der Waals surface area contributed by atoms with Crippen molar-refractivity contribution < 1.29 is 18.8 Å². The number of carbonyl (C=O) groups is 3. The molecule has 1 aliphatic heterocycles. The quantitative estimate of drug-likeness (QED) is 0.520. The van der Waals surface area contributed by atoms with Crippen LogP contribution in [0.5, 0.6) is 0 Å². The number of halogens is 1. The molecule has 1 saturated carbocycles. The summed E-state index contributed by atoms with van der Waals surface area (Å²) in [4.78, 5) is 43.1. The van der Waals surface area contributed by atoms with Gasteiger partial charge in [-0.25, -0.2) is 14.2 Å². The second kappa shape index (κ2) is 8.05. The summed E-state index contributed by atoms with van der Waals surface area (Å²) in [5, 5.41) is 7.65. The van der Waals surface area contributed by atoms with E-state index in [4.69, 9.17) is 0 Å². The molecule has 2 N–H and O–H groups in total. The highest BCUT2D eigenvalue weighted by Crippen LogP contribution is 2.42. The molecule has 1 aromatic carbocycles. The minimum absolute atomic E-state index is 0.132. The Morgan fingerprint density at radius 2 is 1.97 bits per heavy atom. The zero-order valence-electron chi connectivity index (χ0n) is 19.0. The lowest BCUT2D eigenvalue weighted by Gasteiger charge is -2.20. The number of nitrogens with one attached hydrogen (secondary N) is 2. The van der Waals surface area contributed by atoms with Crippen LogP contribution in [0.25, 0.3) is 16.9 Å². The van der Waals surface area contributed by atoms with Crippen molar-refractivity contribution in [3.8, 4) is 16.9 Å². The van der Waals surface area contributed by atoms with Crippen LogP contribution in [0.1, 0.15) is 31.2 Å². The monoisotopic (exact) mass is 481 g/mol. The maximum absolute atomic E-state index is 13.3. The first-order chi connectivity index (χ1) is 16.2. The van der Waals surface area contributed by atoms with E-state index in [1.807, 2.05) is 29.9 Å². The van der Waals surface area contributed by atoms with Crippen LogP contribution >= 0.6 is 11.3 Å². The third-order valence-electron chi connectivity index (χ3n) is 6.54. The zero-order chi connectivity index (χ0) is 24.2. The molecular formula is C24H24FN5O3S. The molecule has 2 fully saturated rings. The number of aromatic nitrogens is 2. The van der Waals surface area contributed by atoms with E-state index < -0.39 is 17.5 Å². The van der Waals surface area contributed by atoms with Crippen LogP contribution in [-0.4, -0.2) is 44.4 Å². The summed E-state index contributed by atoms with van der Waals surface area (Å²) in [6, 6.07) is 7.73. The highest BCUT2D eigenvalue weighted by Gasteiger charge is 2.56. The van der Waals surface area contributed by atoms with Crippen molar-refractivity contribution in [1.82, 2.24) is 19.8 Å². The molecule has 3 aromatic rings. The van der Waals surface area contributed by atoms with Crippen LogP contribution in [0.4, 0.5) is 14.3 Å². The molecule has 8 nitrogen and oxygen atoms in total. The second-order valence-corrected chi connectivity index (χ2v) is 9.84. The number of carbonyl (C=O) groups excluding carboxylic acids is 3. The average molecular weight is 482 g/mol. The highest BCUT2D eigenvalue weighted by atomic mass is 32.1. The van der Waals surface area contributed by atoms with Crippen molar-refractivity contribution in [2.75, 3.05) is 11.9 Å². The fourth-order valence-corrected chi connectivity index (χ4v) is 5.29. The first-order valence-electron chi connectivity index (χ1n) is 11.0. The molecule has 2 aliphatic rings. The first-order valence-corrected chi connectivity index (χ1v) is 11.9. The van der Waals surface area contributed by atoms with Gasteiger partial charge in [-0.1, -0.05) is 0 Å². The molecule has 10 heteroatoms. The van der Waals surface area contributed by atoms with Gasteiger partial charge in [-0.05, 0) is 69.9 Å². The number of urea groups is 1. The van der Waals surface area contributed by atoms with Crippen LogP contribution in [-0.2, 0) is 9.59 Å². The predicted molar refractivity (Wildman–Crippen MR) is 126 cm³/mol. The van der Waals surface area contributed by atoms with Crippen LogP contribution in [0.15, 0.2) is 35.7 Å². The van der Waals surface area contributed by atoms with Gasteiger partial charge in [0, 0.05) is 28.0 Å². The van der Waals surface area contributed by atoms with Gasteiger partial charge in [0.15, 0.2) is 5.13 Å². The van der Waals surface area contributed by atoms with Crippen molar-refractivity contribution in [3.05, 3.63) is 52.9 Å². The molecule has 2 aromatic heterocycles. The summed E-state index contributed by atoms with van der Waals surface area (Å²) in [5.74, 6) is -1.01. The van der Waals surface area contributed by atoms with E-state index in [0.29, 0.717) is 10.8 Å².